The van der Waals surface area contributed by atoms with Gasteiger partial charge in [0.1, 0.15) is 30.3 Å². The number of carbonyl (C=O) groups excluding carboxylic acids is 2. The molecule has 0 fully saturated rings. The van der Waals surface area contributed by atoms with E-state index in [0.29, 0.717) is 0 Å². The lowest BCUT2D eigenvalue weighted by molar-refractivity contribution is -0.146. The second kappa shape index (κ2) is 13.6. The molecule has 0 spiro atoms. The summed E-state index contributed by atoms with van der Waals surface area (Å²) in [5, 5.41) is 0. The summed E-state index contributed by atoms with van der Waals surface area (Å²) < 4.78 is 135. The highest BCUT2D eigenvalue weighted by Gasteiger charge is 2.23. The van der Waals surface area contributed by atoms with Crippen LogP contribution >= 0.6 is 0 Å². The number of esters is 2. The number of rotatable bonds is 13. The van der Waals surface area contributed by atoms with Crippen LogP contribution in [0, 0.1) is 0 Å². The maximum atomic E-state index is 12.6. The lowest BCUT2D eigenvalue weighted by Gasteiger charge is -2.11. The van der Waals surface area contributed by atoms with Gasteiger partial charge < -0.3 is 9.47 Å². The van der Waals surface area contributed by atoms with Gasteiger partial charge in [0, 0.05) is 0 Å². The minimum absolute atomic E-state index is 0.0766. The molecule has 0 saturated heterocycles. The standard InChI is InChI=1S/C22H22O16S4/c23-21(37-11-13-39(25,26)27)20(22(24)38-12-14-40(28,29)30)10-9-19(15-1-5-17(6-2-15)41(31,32)33)16-3-7-18(8-4-16)42(34,35)36/h1-10H,11-14H2,(H,25,26,27)(H,28,29,30)(H,31,32,33)(H,34,35,36). The van der Waals surface area contributed by atoms with Crippen LogP contribution in [0.4, 0.5) is 0 Å². The van der Waals surface area contributed by atoms with Crippen molar-refractivity contribution in [3.05, 3.63) is 77.4 Å². The van der Waals surface area contributed by atoms with Gasteiger partial charge >= 0.3 is 11.9 Å². The Balaban J connectivity index is 2.63. The highest BCUT2D eigenvalue weighted by atomic mass is 32.2. The van der Waals surface area contributed by atoms with Gasteiger partial charge in [-0.3, -0.25) is 18.2 Å². The zero-order chi connectivity index (χ0) is 31.9. The van der Waals surface area contributed by atoms with Crippen molar-refractivity contribution in [2.24, 2.45) is 0 Å². The highest BCUT2D eigenvalue weighted by Crippen LogP contribution is 2.26. The molecule has 2 aromatic rings. The Kier molecular flexibility index (Phi) is 11.3. The minimum Gasteiger partial charge on any atom is -0.461 e. The lowest BCUT2D eigenvalue weighted by atomic mass is 9.97. The number of allylic oxidation sites excluding steroid dienone is 2. The minimum atomic E-state index is -4.59. The van der Waals surface area contributed by atoms with E-state index < -0.39 is 92.5 Å². The van der Waals surface area contributed by atoms with Crippen LogP contribution in [-0.2, 0) is 59.5 Å². The third-order valence-electron chi connectivity index (χ3n) is 4.93. The van der Waals surface area contributed by atoms with Gasteiger partial charge in [0.2, 0.25) is 0 Å². The van der Waals surface area contributed by atoms with E-state index in [1.165, 1.54) is 24.3 Å². The normalized spacial score (nSPS) is 12.2. The summed E-state index contributed by atoms with van der Waals surface area (Å²) in [4.78, 5) is 24.2. The third kappa shape index (κ3) is 11.4. The summed E-state index contributed by atoms with van der Waals surface area (Å²) in [6.45, 7) is -1.81. The largest absolute Gasteiger partial charge is 0.461 e. The average molecular weight is 671 g/mol. The van der Waals surface area contributed by atoms with Crippen LogP contribution in [-0.4, -0.2) is 88.5 Å². The summed E-state index contributed by atoms with van der Waals surface area (Å²) in [6, 6.07) is 8.82. The number of benzene rings is 2. The SMILES string of the molecule is O=C(OCCS(=O)(=O)O)C(=CC=C(c1ccc(S(=O)(=O)O)cc1)c1ccc(S(=O)(=O)O)cc1)C(=O)OCCS(=O)(=O)O. The van der Waals surface area contributed by atoms with Crippen LogP contribution in [0.2, 0.25) is 0 Å². The van der Waals surface area contributed by atoms with Gasteiger partial charge in [-0.05, 0) is 47.0 Å². The summed E-state index contributed by atoms with van der Waals surface area (Å²) >= 11 is 0. The quantitative estimate of drug-likeness (QED) is 0.0560. The van der Waals surface area contributed by atoms with E-state index in [1.54, 1.807) is 0 Å². The first-order valence-electron chi connectivity index (χ1n) is 11.0. The van der Waals surface area contributed by atoms with Gasteiger partial charge in [-0.25, -0.2) is 9.59 Å². The first-order valence-corrected chi connectivity index (χ1v) is 17.1. The van der Waals surface area contributed by atoms with Crippen LogP contribution in [0.15, 0.2) is 76.0 Å². The van der Waals surface area contributed by atoms with Crippen LogP contribution in [0.5, 0.6) is 0 Å². The van der Waals surface area contributed by atoms with Gasteiger partial charge in [-0.2, -0.15) is 33.7 Å². The monoisotopic (exact) mass is 670 g/mol. The maximum absolute atomic E-state index is 12.6. The fraction of sp³-hybridized carbons (Fsp3) is 0.182. The molecule has 0 amide bonds. The molecule has 0 aromatic heterocycles. The Morgan fingerprint density at radius 2 is 0.905 bits per heavy atom. The Labute approximate surface area is 240 Å². The molecule has 42 heavy (non-hydrogen) atoms. The Morgan fingerprint density at radius 3 is 1.19 bits per heavy atom. The van der Waals surface area contributed by atoms with Crippen molar-refractivity contribution in [2.45, 2.75) is 9.79 Å². The summed E-state index contributed by atoms with van der Waals surface area (Å²) in [7, 11) is -18.3. The fourth-order valence-corrected chi connectivity index (χ4v) is 4.54. The second-order valence-electron chi connectivity index (χ2n) is 8.00. The average Bonchev–Trinajstić information content (AvgIpc) is 2.84. The predicted octanol–water partition coefficient (Wildman–Crippen LogP) is 0.400. The van der Waals surface area contributed by atoms with Crippen molar-refractivity contribution < 1.29 is 70.9 Å². The topological polar surface area (TPSA) is 270 Å². The van der Waals surface area contributed by atoms with E-state index in [2.05, 4.69) is 9.47 Å². The van der Waals surface area contributed by atoms with Gasteiger partial charge in [-0.15, -0.1) is 0 Å². The van der Waals surface area contributed by atoms with Crippen molar-refractivity contribution in [3.8, 4) is 0 Å². The highest BCUT2D eigenvalue weighted by molar-refractivity contribution is 7.86. The number of hydrogen-bond donors (Lipinski definition) is 4. The molecule has 20 heteroatoms. The van der Waals surface area contributed by atoms with Crippen LogP contribution in [0.1, 0.15) is 11.1 Å². The van der Waals surface area contributed by atoms with E-state index >= 15 is 0 Å². The molecule has 0 unspecified atom stereocenters. The van der Waals surface area contributed by atoms with Crippen molar-refractivity contribution >= 4 is 58.0 Å². The van der Waals surface area contributed by atoms with Gasteiger partial charge in [0.25, 0.3) is 40.5 Å². The molecule has 4 N–H and O–H groups in total. The molecule has 2 rings (SSSR count). The van der Waals surface area contributed by atoms with Gasteiger partial charge in [0.05, 0.1) is 9.79 Å². The van der Waals surface area contributed by atoms with Crippen molar-refractivity contribution in [3.63, 3.8) is 0 Å². The molecule has 0 heterocycles. The zero-order valence-electron chi connectivity index (χ0n) is 20.9. The van der Waals surface area contributed by atoms with Crippen LogP contribution in [0.25, 0.3) is 5.57 Å². The molecular weight excluding hydrogens is 648 g/mol. The Morgan fingerprint density at radius 1 is 0.571 bits per heavy atom. The second-order valence-corrected chi connectivity index (χ2v) is 14.0. The molecule has 0 aliphatic rings. The molecule has 0 saturated carbocycles. The van der Waals surface area contributed by atoms with E-state index in [9.17, 15) is 52.4 Å². The van der Waals surface area contributed by atoms with E-state index in [1.807, 2.05) is 0 Å². The zero-order valence-corrected chi connectivity index (χ0v) is 24.2. The predicted molar refractivity (Wildman–Crippen MR) is 142 cm³/mol. The van der Waals surface area contributed by atoms with E-state index in [0.717, 1.165) is 36.4 Å². The summed E-state index contributed by atoms with van der Waals surface area (Å²) in [5.74, 6) is -5.03. The first kappa shape index (κ1) is 34.7. The lowest BCUT2D eigenvalue weighted by Crippen LogP contribution is -2.23. The number of hydrogen-bond acceptors (Lipinski definition) is 12. The summed E-state index contributed by atoms with van der Waals surface area (Å²) in [6.07, 6.45) is 1.88. The molecule has 0 radical (unpaired) electrons. The molecule has 16 nitrogen and oxygen atoms in total. The van der Waals surface area contributed by atoms with Crippen molar-refractivity contribution in [1.82, 2.24) is 0 Å². The Hall–Kier alpha value is -3.50. The molecule has 230 valence electrons. The fourth-order valence-electron chi connectivity index (χ4n) is 2.99. The molecule has 2 aromatic carbocycles. The smallest absolute Gasteiger partial charge is 0.345 e. The van der Waals surface area contributed by atoms with Gasteiger partial charge in [0.15, 0.2) is 0 Å². The Bertz CT molecular complexity index is 1690. The summed E-state index contributed by atoms with van der Waals surface area (Å²) in [5.41, 5.74) is -0.496. The molecule has 0 atom stereocenters. The third-order valence-corrected chi connectivity index (χ3v) is 8.03. The van der Waals surface area contributed by atoms with E-state index in [4.69, 9.17) is 9.11 Å². The molecule has 0 bridgehead atoms. The molecular formula is C22H22O16S4. The van der Waals surface area contributed by atoms with Crippen LogP contribution < -0.4 is 0 Å². The number of ether oxygens (including phenoxy) is 2. The van der Waals surface area contributed by atoms with E-state index in [-0.39, 0.29) is 16.7 Å². The van der Waals surface area contributed by atoms with Crippen molar-refractivity contribution in [1.29, 1.82) is 0 Å². The maximum Gasteiger partial charge on any atom is 0.345 e. The molecule has 0 aliphatic carbocycles. The number of carbonyl (C=O) groups is 2. The molecule has 0 aliphatic heterocycles. The first-order chi connectivity index (χ1) is 19.2. The van der Waals surface area contributed by atoms with Gasteiger partial charge in [-0.1, -0.05) is 30.3 Å². The van der Waals surface area contributed by atoms with Crippen molar-refractivity contribution in [2.75, 3.05) is 24.7 Å². The van der Waals surface area contributed by atoms with Crippen LogP contribution in [0.3, 0.4) is 0 Å².